The molecule has 0 atom stereocenters. The summed E-state index contributed by atoms with van der Waals surface area (Å²) in [6, 6.07) is 5.22. The van der Waals surface area contributed by atoms with E-state index in [1.165, 1.54) is 4.90 Å². The van der Waals surface area contributed by atoms with Crippen molar-refractivity contribution in [3.05, 3.63) is 35.5 Å². The van der Waals surface area contributed by atoms with Crippen LogP contribution in [0.15, 0.2) is 22.6 Å². The summed E-state index contributed by atoms with van der Waals surface area (Å²) < 4.78 is 16.8. The first-order chi connectivity index (χ1) is 14.4. The summed E-state index contributed by atoms with van der Waals surface area (Å²) in [4.78, 5) is 32.5. The van der Waals surface area contributed by atoms with Gasteiger partial charge in [-0.05, 0) is 31.9 Å². The molecular formula is C21H26N4O5. The van der Waals surface area contributed by atoms with Crippen molar-refractivity contribution < 1.29 is 23.5 Å². The van der Waals surface area contributed by atoms with E-state index in [0.29, 0.717) is 60.8 Å². The normalized spacial score (nSPS) is 16.3. The average molecular weight is 414 g/mol. The molecule has 4 rings (SSSR count). The summed E-state index contributed by atoms with van der Waals surface area (Å²) in [5.41, 5.74) is 1.02. The Morgan fingerprint density at radius 3 is 2.53 bits per heavy atom. The van der Waals surface area contributed by atoms with E-state index in [1.807, 2.05) is 0 Å². The fraction of sp³-hybridized carbons (Fsp3) is 0.476. The number of carbonyl (C=O) groups excluding carboxylic acids is 2. The Hall–Kier alpha value is -3.23. The monoisotopic (exact) mass is 414 g/mol. The molecule has 160 valence electrons. The fourth-order valence-corrected chi connectivity index (χ4v) is 3.65. The third kappa shape index (κ3) is 4.05. The molecule has 1 N–H and O–H groups in total. The van der Waals surface area contributed by atoms with Gasteiger partial charge in [0.2, 0.25) is 0 Å². The van der Waals surface area contributed by atoms with E-state index in [-0.39, 0.29) is 17.9 Å². The van der Waals surface area contributed by atoms with E-state index < -0.39 is 0 Å². The summed E-state index contributed by atoms with van der Waals surface area (Å²) in [5.74, 6) is 2.35. The lowest BCUT2D eigenvalue weighted by atomic mass is 9.97. The van der Waals surface area contributed by atoms with Crippen LogP contribution in [0.25, 0.3) is 0 Å². The maximum absolute atomic E-state index is 12.7. The zero-order valence-electron chi connectivity index (χ0n) is 17.4. The van der Waals surface area contributed by atoms with Crippen molar-refractivity contribution in [2.75, 3.05) is 45.7 Å². The van der Waals surface area contributed by atoms with Gasteiger partial charge in [0, 0.05) is 44.9 Å². The van der Waals surface area contributed by atoms with Gasteiger partial charge in [-0.25, -0.2) is 9.78 Å². The van der Waals surface area contributed by atoms with E-state index in [4.69, 9.17) is 13.9 Å². The Kier molecular flexibility index (Phi) is 5.52. The van der Waals surface area contributed by atoms with Crippen LogP contribution in [0.3, 0.4) is 0 Å². The van der Waals surface area contributed by atoms with Crippen LogP contribution in [0.1, 0.15) is 40.9 Å². The second-order valence-corrected chi connectivity index (χ2v) is 7.71. The molecule has 1 fully saturated rings. The Labute approximate surface area is 174 Å². The molecular weight excluding hydrogens is 388 g/mol. The zero-order chi connectivity index (χ0) is 21.3. The van der Waals surface area contributed by atoms with Crippen LogP contribution in [0.2, 0.25) is 0 Å². The SMILES string of the molecule is Cc1oc(C2CCN(C(=O)Nc3ccc4c(c3)OCCO4)CC2)nc1C(=O)N(C)C. The number of piperidine rings is 1. The van der Waals surface area contributed by atoms with E-state index >= 15 is 0 Å². The number of nitrogens with one attached hydrogen (secondary N) is 1. The Balaban J connectivity index is 1.35. The van der Waals surface area contributed by atoms with E-state index in [2.05, 4.69) is 10.3 Å². The van der Waals surface area contributed by atoms with Crippen LogP contribution in [-0.4, -0.2) is 67.1 Å². The van der Waals surface area contributed by atoms with Crippen molar-refractivity contribution in [1.29, 1.82) is 0 Å². The van der Waals surface area contributed by atoms with Gasteiger partial charge in [-0.1, -0.05) is 0 Å². The lowest BCUT2D eigenvalue weighted by Gasteiger charge is -2.30. The van der Waals surface area contributed by atoms with Gasteiger partial charge >= 0.3 is 6.03 Å². The quantitative estimate of drug-likeness (QED) is 0.830. The van der Waals surface area contributed by atoms with E-state index in [9.17, 15) is 9.59 Å². The fourth-order valence-electron chi connectivity index (χ4n) is 3.65. The molecule has 3 amide bonds. The van der Waals surface area contributed by atoms with Gasteiger partial charge in [0.05, 0.1) is 0 Å². The lowest BCUT2D eigenvalue weighted by Crippen LogP contribution is -2.40. The molecule has 2 aromatic rings. The summed E-state index contributed by atoms with van der Waals surface area (Å²) in [7, 11) is 3.38. The summed E-state index contributed by atoms with van der Waals surface area (Å²) in [6.07, 6.45) is 1.45. The number of benzene rings is 1. The van der Waals surface area contributed by atoms with Gasteiger partial charge in [0.25, 0.3) is 5.91 Å². The number of nitrogens with zero attached hydrogens (tertiary/aromatic N) is 3. The zero-order valence-corrected chi connectivity index (χ0v) is 17.4. The Bertz CT molecular complexity index is 947. The largest absolute Gasteiger partial charge is 0.486 e. The highest BCUT2D eigenvalue weighted by Crippen LogP contribution is 2.33. The number of aromatic nitrogens is 1. The molecule has 3 heterocycles. The van der Waals surface area contributed by atoms with Crippen LogP contribution < -0.4 is 14.8 Å². The molecule has 1 saturated heterocycles. The van der Waals surface area contributed by atoms with Crippen LogP contribution in [0.4, 0.5) is 10.5 Å². The number of rotatable bonds is 3. The van der Waals surface area contributed by atoms with Gasteiger partial charge in [0.15, 0.2) is 23.1 Å². The van der Waals surface area contributed by atoms with Crippen molar-refractivity contribution in [2.45, 2.75) is 25.7 Å². The number of oxazole rings is 1. The molecule has 1 aromatic heterocycles. The summed E-state index contributed by atoms with van der Waals surface area (Å²) in [6.45, 7) is 3.95. The molecule has 1 aromatic carbocycles. The Morgan fingerprint density at radius 1 is 1.13 bits per heavy atom. The molecule has 0 spiro atoms. The predicted molar refractivity (Wildman–Crippen MR) is 109 cm³/mol. The van der Waals surface area contributed by atoms with Crippen LogP contribution in [0, 0.1) is 6.92 Å². The number of carbonyl (C=O) groups is 2. The Morgan fingerprint density at radius 2 is 1.83 bits per heavy atom. The minimum absolute atomic E-state index is 0.0887. The van der Waals surface area contributed by atoms with Crippen LogP contribution >= 0.6 is 0 Å². The van der Waals surface area contributed by atoms with E-state index in [0.717, 1.165) is 12.8 Å². The molecule has 0 radical (unpaired) electrons. The summed E-state index contributed by atoms with van der Waals surface area (Å²) >= 11 is 0. The molecule has 0 aliphatic carbocycles. The molecule has 2 aliphatic heterocycles. The maximum atomic E-state index is 12.7. The number of hydrogen-bond donors (Lipinski definition) is 1. The highest BCUT2D eigenvalue weighted by molar-refractivity contribution is 5.92. The first-order valence-electron chi connectivity index (χ1n) is 10.1. The van der Waals surface area contributed by atoms with Gasteiger partial charge in [0.1, 0.15) is 19.0 Å². The van der Waals surface area contributed by atoms with Crippen molar-refractivity contribution in [2.24, 2.45) is 0 Å². The van der Waals surface area contributed by atoms with Crippen molar-refractivity contribution in [3.8, 4) is 11.5 Å². The van der Waals surface area contributed by atoms with Gasteiger partial charge < -0.3 is 29.0 Å². The average Bonchev–Trinajstić information content (AvgIpc) is 3.14. The van der Waals surface area contributed by atoms with E-state index in [1.54, 1.807) is 44.1 Å². The van der Waals surface area contributed by atoms with Crippen molar-refractivity contribution in [3.63, 3.8) is 0 Å². The molecule has 2 aliphatic rings. The number of hydrogen-bond acceptors (Lipinski definition) is 6. The van der Waals surface area contributed by atoms with Crippen LogP contribution in [0.5, 0.6) is 11.5 Å². The third-order valence-corrected chi connectivity index (χ3v) is 5.35. The molecule has 30 heavy (non-hydrogen) atoms. The molecule has 0 bridgehead atoms. The molecule has 0 unspecified atom stereocenters. The van der Waals surface area contributed by atoms with Crippen molar-refractivity contribution in [1.82, 2.24) is 14.8 Å². The van der Waals surface area contributed by atoms with Crippen LogP contribution in [-0.2, 0) is 0 Å². The number of fused-ring (bicyclic) bond motifs is 1. The minimum Gasteiger partial charge on any atom is -0.486 e. The molecule has 9 heteroatoms. The summed E-state index contributed by atoms with van der Waals surface area (Å²) in [5, 5.41) is 2.92. The predicted octanol–water partition coefficient (Wildman–Crippen LogP) is 2.87. The number of anilines is 1. The smallest absolute Gasteiger partial charge is 0.321 e. The topological polar surface area (TPSA) is 97.1 Å². The third-order valence-electron chi connectivity index (χ3n) is 5.35. The standard InChI is InChI=1S/C21H26N4O5/c1-13-18(20(26)24(2)3)23-19(30-13)14-6-8-25(9-7-14)21(27)22-15-4-5-16-17(12-15)29-11-10-28-16/h4-5,12,14H,6-11H2,1-3H3,(H,22,27). The number of amides is 3. The minimum atomic E-state index is -0.168. The number of ether oxygens (including phenoxy) is 2. The van der Waals surface area contributed by atoms with Gasteiger partial charge in [-0.3, -0.25) is 4.79 Å². The maximum Gasteiger partial charge on any atom is 0.321 e. The van der Waals surface area contributed by atoms with Gasteiger partial charge in [-0.15, -0.1) is 0 Å². The number of aryl methyl sites for hydroxylation is 1. The molecule has 9 nitrogen and oxygen atoms in total. The highest BCUT2D eigenvalue weighted by Gasteiger charge is 2.29. The molecule has 0 saturated carbocycles. The number of likely N-dealkylation sites (tertiary alicyclic amines) is 1. The second kappa shape index (κ2) is 8.25. The first kappa shape index (κ1) is 20.1. The van der Waals surface area contributed by atoms with Crippen molar-refractivity contribution >= 4 is 17.6 Å². The second-order valence-electron chi connectivity index (χ2n) is 7.71. The highest BCUT2D eigenvalue weighted by atomic mass is 16.6. The first-order valence-corrected chi connectivity index (χ1v) is 10.1. The van der Waals surface area contributed by atoms with Gasteiger partial charge in [-0.2, -0.15) is 0 Å². The number of urea groups is 1. The lowest BCUT2D eigenvalue weighted by molar-refractivity contribution is 0.0821.